The van der Waals surface area contributed by atoms with Crippen LogP contribution in [0.25, 0.3) is 0 Å². The summed E-state index contributed by atoms with van der Waals surface area (Å²) < 4.78 is 4.73. The Morgan fingerprint density at radius 3 is 2.77 bits per heavy atom. The van der Waals surface area contributed by atoms with Gasteiger partial charge < -0.3 is 19.7 Å². The van der Waals surface area contributed by atoms with Crippen LogP contribution in [-0.2, 0) is 4.74 Å². The first-order chi connectivity index (χ1) is 12.4. The van der Waals surface area contributed by atoms with Gasteiger partial charge in [-0.15, -0.1) is 0 Å². The summed E-state index contributed by atoms with van der Waals surface area (Å²) in [6, 6.07) is 6.48. The van der Waals surface area contributed by atoms with E-state index in [0.29, 0.717) is 12.1 Å². The van der Waals surface area contributed by atoms with Crippen molar-refractivity contribution in [2.75, 3.05) is 13.7 Å². The van der Waals surface area contributed by atoms with Gasteiger partial charge in [-0.1, -0.05) is 6.07 Å². The minimum atomic E-state index is -0.690. The van der Waals surface area contributed by atoms with Crippen molar-refractivity contribution in [3.05, 3.63) is 63.1 Å². The number of nitrogens with zero attached hydrogens (tertiary/aromatic N) is 1. The Balaban J connectivity index is 1.93. The van der Waals surface area contributed by atoms with Crippen LogP contribution in [0.15, 0.2) is 35.3 Å². The zero-order valence-corrected chi connectivity index (χ0v) is 14.6. The van der Waals surface area contributed by atoms with Crippen molar-refractivity contribution in [1.29, 1.82) is 0 Å². The fraction of sp³-hybridized carbons (Fsp3) is 0.316. The molecule has 0 saturated carbocycles. The lowest BCUT2D eigenvalue weighted by molar-refractivity contribution is 0.0599. The Bertz CT molecular complexity index is 918. The van der Waals surface area contributed by atoms with Crippen LogP contribution in [0.4, 0.5) is 0 Å². The van der Waals surface area contributed by atoms with Gasteiger partial charge in [0.25, 0.3) is 11.5 Å². The molecule has 7 heteroatoms. The molecular weight excluding hydrogens is 336 g/mol. The third-order valence-corrected chi connectivity index (χ3v) is 4.73. The number of amides is 1. The van der Waals surface area contributed by atoms with Gasteiger partial charge in [0.2, 0.25) is 0 Å². The van der Waals surface area contributed by atoms with E-state index in [1.165, 1.54) is 19.4 Å². The van der Waals surface area contributed by atoms with Gasteiger partial charge in [-0.3, -0.25) is 9.59 Å². The van der Waals surface area contributed by atoms with Crippen molar-refractivity contribution in [1.82, 2.24) is 9.88 Å². The van der Waals surface area contributed by atoms with Crippen molar-refractivity contribution in [2.45, 2.75) is 25.8 Å². The van der Waals surface area contributed by atoms with E-state index in [2.05, 4.69) is 4.98 Å². The molecule has 3 rings (SSSR count). The standard InChI is InChI=1S/C19H20N2O5/c1-11-10-12(19(25)26-2)5-6-13(11)15-4-3-9-21(15)18(24)14-7-8-20-17(23)16(14)22/h5-8,10,15,22H,3-4,9H2,1-2H3,(H,20,23)/t15-/m1/s1. The third kappa shape index (κ3) is 3.08. The van der Waals surface area contributed by atoms with Crippen LogP contribution < -0.4 is 5.56 Å². The van der Waals surface area contributed by atoms with Gasteiger partial charge in [0.15, 0.2) is 5.75 Å². The zero-order chi connectivity index (χ0) is 18.8. The molecule has 136 valence electrons. The fourth-order valence-corrected chi connectivity index (χ4v) is 3.43. The molecule has 1 aromatic heterocycles. The van der Waals surface area contributed by atoms with Crippen LogP contribution in [0.1, 0.15) is 50.7 Å². The number of H-pyrrole nitrogens is 1. The molecule has 0 radical (unpaired) electrons. The number of methoxy groups -OCH3 is 1. The Labute approximate surface area is 150 Å². The number of carbonyl (C=O) groups is 2. The summed E-state index contributed by atoms with van der Waals surface area (Å²) in [5.74, 6) is -1.36. The maximum atomic E-state index is 12.9. The lowest BCUT2D eigenvalue weighted by atomic mass is 9.97. The Hall–Kier alpha value is -3.09. The molecule has 1 aliphatic heterocycles. The Morgan fingerprint density at radius 1 is 1.31 bits per heavy atom. The van der Waals surface area contributed by atoms with Gasteiger partial charge in [-0.25, -0.2) is 4.79 Å². The highest BCUT2D eigenvalue weighted by molar-refractivity contribution is 5.97. The first kappa shape index (κ1) is 17.7. The van der Waals surface area contributed by atoms with E-state index in [4.69, 9.17) is 4.74 Å². The molecular formula is C19H20N2O5. The van der Waals surface area contributed by atoms with E-state index >= 15 is 0 Å². The van der Waals surface area contributed by atoms with Crippen LogP contribution in [0.5, 0.6) is 5.75 Å². The number of ether oxygens (including phenoxy) is 1. The maximum absolute atomic E-state index is 12.9. The van der Waals surface area contributed by atoms with Crippen molar-refractivity contribution in [3.63, 3.8) is 0 Å². The normalized spacial score (nSPS) is 16.5. The number of aryl methyl sites for hydroxylation is 1. The zero-order valence-electron chi connectivity index (χ0n) is 14.6. The average Bonchev–Trinajstić information content (AvgIpc) is 3.12. The lowest BCUT2D eigenvalue weighted by Gasteiger charge is -2.26. The largest absolute Gasteiger partial charge is 0.502 e. The van der Waals surface area contributed by atoms with Crippen molar-refractivity contribution in [2.24, 2.45) is 0 Å². The molecule has 26 heavy (non-hydrogen) atoms. The second-order valence-electron chi connectivity index (χ2n) is 6.29. The van der Waals surface area contributed by atoms with Crippen molar-refractivity contribution >= 4 is 11.9 Å². The van der Waals surface area contributed by atoms with Crippen molar-refractivity contribution < 1.29 is 19.4 Å². The first-order valence-corrected chi connectivity index (χ1v) is 8.34. The van der Waals surface area contributed by atoms with Crippen LogP contribution >= 0.6 is 0 Å². The summed E-state index contributed by atoms with van der Waals surface area (Å²) in [4.78, 5) is 40.1. The molecule has 1 atom stereocenters. The number of likely N-dealkylation sites (tertiary alicyclic amines) is 1. The minimum Gasteiger partial charge on any atom is -0.502 e. The maximum Gasteiger partial charge on any atom is 0.337 e. The Kier molecular flexibility index (Phi) is 4.79. The number of hydrogen-bond donors (Lipinski definition) is 2. The van der Waals surface area contributed by atoms with E-state index in [0.717, 1.165) is 24.0 Å². The number of aromatic nitrogens is 1. The molecule has 0 aliphatic carbocycles. The van der Waals surface area contributed by atoms with E-state index in [1.807, 2.05) is 13.0 Å². The quantitative estimate of drug-likeness (QED) is 0.821. The predicted molar refractivity (Wildman–Crippen MR) is 94.3 cm³/mol. The molecule has 1 aliphatic rings. The number of carbonyl (C=O) groups excluding carboxylic acids is 2. The summed E-state index contributed by atoms with van der Waals surface area (Å²) >= 11 is 0. The topological polar surface area (TPSA) is 99.7 Å². The average molecular weight is 356 g/mol. The molecule has 0 bridgehead atoms. The predicted octanol–water partition coefficient (Wildman–Crippen LogP) is 2.15. The highest BCUT2D eigenvalue weighted by atomic mass is 16.5. The van der Waals surface area contributed by atoms with E-state index in [-0.39, 0.29) is 17.5 Å². The summed E-state index contributed by atoms with van der Waals surface area (Å²) in [7, 11) is 1.33. The van der Waals surface area contributed by atoms with Crippen molar-refractivity contribution in [3.8, 4) is 5.75 Å². The van der Waals surface area contributed by atoms with Gasteiger partial charge in [0.1, 0.15) is 0 Å². The number of nitrogens with one attached hydrogen (secondary N) is 1. The number of rotatable bonds is 3. The highest BCUT2D eigenvalue weighted by Gasteiger charge is 2.33. The van der Waals surface area contributed by atoms with Gasteiger partial charge in [0, 0.05) is 12.7 Å². The summed E-state index contributed by atoms with van der Waals surface area (Å²) in [6.45, 7) is 2.42. The summed E-state index contributed by atoms with van der Waals surface area (Å²) in [6.07, 6.45) is 2.93. The van der Waals surface area contributed by atoms with Crippen LogP contribution in [-0.4, -0.2) is 40.5 Å². The van der Waals surface area contributed by atoms with E-state index in [1.54, 1.807) is 17.0 Å². The van der Waals surface area contributed by atoms with Gasteiger partial charge in [-0.2, -0.15) is 0 Å². The smallest absolute Gasteiger partial charge is 0.337 e. The number of pyridine rings is 1. The molecule has 1 fully saturated rings. The molecule has 1 amide bonds. The second-order valence-corrected chi connectivity index (χ2v) is 6.29. The van der Waals surface area contributed by atoms with E-state index < -0.39 is 17.3 Å². The molecule has 7 nitrogen and oxygen atoms in total. The number of aromatic amines is 1. The SMILES string of the molecule is COC(=O)c1ccc([C@H]2CCCN2C(=O)c2cc[nH]c(=O)c2O)c(C)c1. The highest BCUT2D eigenvalue weighted by Crippen LogP contribution is 2.35. The molecule has 2 N–H and O–H groups in total. The van der Waals surface area contributed by atoms with Gasteiger partial charge in [-0.05, 0) is 49.1 Å². The number of benzene rings is 1. The number of aromatic hydroxyl groups is 1. The fourth-order valence-electron chi connectivity index (χ4n) is 3.43. The molecule has 2 heterocycles. The first-order valence-electron chi connectivity index (χ1n) is 8.34. The minimum absolute atomic E-state index is 0.00974. The molecule has 1 saturated heterocycles. The summed E-state index contributed by atoms with van der Waals surface area (Å²) in [5.41, 5.74) is 1.58. The van der Waals surface area contributed by atoms with Gasteiger partial charge in [0.05, 0.1) is 24.3 Å². The van der Waals surface area contributed by atoms with Crippen LogP contribution in [0.3, 0.4) is 0 Å². The van der Waals surface area contributed by atoms with Gasteiger partial charge >= 0.3 is 5.97 Å². The second kappa shape index (κ2) is 7.03. The molecule has 0 unspecified atom stereocenters. The number of hydrogen-bond acceptors (Lipinski definition) is 5. The van der Waals surface area contributed by atoms with Crippen LogP contribution in [0.2, 0.25) is 0 Å². The monoisotopic (exact) mass is 356 g/mol. The Morgan fingerprint density at radius 2 is 2.08 bits per heavy atom. The molecule has 0 spiro atoms. The molecule has 1 aromatic carbocycles. The van der Waals surface area contributed by atoms with Crippen LogP contribution in [0, 0.1) is 6.92 Å². The summed E-state index contributed by atoms with van der Waals surface area (Å²) in [5, 5.41) is 9.92. The number of esters is 1. The lowest BCUT2D eigenvalue weighted by Crippen LogP contribution is -2.31. The van der Waals surface area contributed by atoms with E-state index in [9.17, 15) is 19.5 Å². The third-order valence-electron chi connectivity index (χ3n) is 4.73. The molecule has 2 aromatic rings.